The maximum atomic E-state index is 13.3. The molecule has 0 aliphatic rings. The van der Waals surface area contributed by atoms with Gasteiger partial charge in [-0.3, -0.25) is 9.59 Å². The Morgan fingerprint density at radius 1 is 0.964 bits per heavy atom. The van der Waals surface area contributed by atoms with Crippen molar-refractivity contribution in [3.8, 4) is 0 Å². The van der Waals surface area contributed by atoms with Crippen LogP contribution in [0.25, 0.3) is 0 Å². The van der Waals surface area contributed by atoms with E-state index in [2.05, 4.69) is 10.6 Å². The highest BCUT2D eigenvalue weighted by Crippen LogP contribution is 2.26. The predicted octanol–water partition coefficient (Wildman–Crippen LogP) is 4.30. The highest BCUT2D eigenvalue weighted by Gasteiger charge is 2.20. The van der Waals surface area contributed by atoms with E-state index in [1.54, 1.807) is 43.3 Å². The highest BCUT2D eigenvalue weighted by atomic mass is 32.1. The smallest absolute Gasteiger partial charge is 0.251 e. The van der Waals surface area contributed by atoms with Gasteiger partial charge in [0.2, 0.25) is 5.91 Å². The van der Waals surface area contributed by atoms with Crippen molar-refractivity contribution in [1.29, 1.82) is 0 Å². The summed E-state index contributed by atoms with van der Waals surface area (Å²) in [4.78, 5) is 25.8. The fraction of sp³-hybridized carbons (Fsp3) is 0.182. The molecule has 3 rings (SSSR count). The predicted molar refractivity (Wildman–Crippen MR) is 109 cm³/mol. The second kappa shape index (κ2) is 9.28. The van der Waals surface area contributed by atoms with Crippen LogP contribution < -0.4 is 10.6 Å². The number of hydrogen-bond acceptors (Lipinski definition) is 3. The minimum atomic E-state index is -0.356. The van der Waals surface area contributed by atoms with E-state index in [-0.39, 0.29) is 36.1 Å². The molecule has 0 aliphatic heterocycles. The van der Waals surface area contributed by atoms with Gasteiger partial charge in [0.1, 0.15) is 5.82 Å². The number of halogens is 1. The minimum absolute atomic E-state index is 0.141. The summed E-state index contributed by atoms with van der Waals surface area (Å²) in [5.41, 5.74) is 1.36. The molecule has 1 aromatic heterocycles. The first-order chi connectivity index (χ1) is 13.5. The van der Waals surface area contributed by atoms with Crippen molar-refractivity contribution < 1.29 is 14.0 Å². The number of carbonyl (C=O) groups is 2. The highest BCUT2D eigenvalue weighted by molar-refractivity contribution is 7.10. The Morgan fingerprint density at radius 2 is 1.68 bits per heavy atom. The van der Waals surface area contributed by atoms with Crippen LogP contribution in [0.2, 0.25) is 0 Å². The lowest BCUT2D eigenvalue weighted by molar-refractivity contribution is -0.121. The summed E-state index contributed by atoms with van der Waals surface area (Å²) in [6.07, 6.45) is 0.141. The van der Waals surface area contributed by atoms with Crippen molar-refractivity contribution in [2.75, 3.05) is 0 Å². The van der Waals surface area contributed by atoms with Crippen LogP contribution >= 0.6 is 11.3 Å². The molecule has 0 aliphatic carbocycles. The third-order valence-electron chi connectivity index (χ3n) is 4.24. The molecule has 0 unspecified atom stereocenters. The normalized spacial score (nSPS) is 12.8. The first-order valence-corrected chi connectivity index (χ1v) is 9.85. The Kier molecular flexibility index (Phi) is 6.55. The maximum absolute atomic E-state index is 13.3. The third-order valence-corrected chi connectivity index (χ3v) is 5.18. The summed E-state index contributed by atoms with van der Waals surface area (Å²) >= 11 is 1.52. The zero-order valence-corrected chi connectivity index (χ0v) is 16.2. The molecule has 4 nitrogen and oxygen atoms in total. The maximum Gasteiger partial charge on any atom is 0.251 e. The zero-order valence-electron chi connectivity index (χ0n) is 15.4. The van der Waals surface area contributed by atoms with Crippen molar-refractivity contribution in [2.45, 2.75) is 25.4 Å². The molecule has 0 saturated carbocycles. The Bertz CT molecular complexity index is 911. The number of benzene rings is 2. The van der Waals surface area contributed by atoms with E-state index in [4.69, 9.17) is 0 Å². The van der Waals surface area contributed by atoms with Crippen molar-refractivity contribution in [1.82, 2.24) is 10.6 Å². The van der Waals surface area contributed by atoms with Crippen molar-refractivity contribution in [3.05, 3.63) is 93.9 Å². The van der Waals surface area contributed by atoms with Crippen LogP contribution in [-0.2, 0) is 4.79 Å². The molecule has 2 atom stereocenters. The first-order valence-electron chi connectivity index (χ1n) is 8.97. The summed E-state index contributed by atoms with van der Waals surface area (Å²) < 4.78 is 13.3. The molecule has 28 heavy (non-hydrogen) atoms. The van der Waals surface area contributed by atoms with E-state index < -0.39 is 0 Å². The van der Waals surface area contributed by atoms with Gasteiger partial charge in [-0.15, -0.1) is 11.3 Å². The molecule has 3 aromatic rings. The number of rotatable bonds is 7. The van der Waals surface area contributed by atoms with Crippen molar-refractivity contribution in [2.24, 2.45) is 0 Å². The van der Waals surface area contributed by atoms with Gasteiger partial charge in [0.05, 0.1) is 6.04 Å². The van der Waals surface area contributed by atoms with Gasteiger partial charge in [-0.25, -0.2) is 4.39 Å². The molecule has 6 heteroatoms. The van der Waals surface area contributed by atoms with Crippen LogP contribution in [0.4, 0.5) is 4.39 Å². The van der Waals surface area contributed by atoms with Gasteiger partial charge in [0.25, 0.3) is 5.91 Å². The van der Waals surface area contributed by atoms with Crippen LogP contribution in [-0.4, -0.2) is 17.9 Å². The Hall–Kier alpha value is -2.99. The molecule has 1 heterocycles. The molecule has 0 spiro atoms. The minimum Gasteiger partial charge on any atom is -0.349 e. The van der Waals surface area contributed by atoms with Gasteiger partial charge in [-0.05, 0) is 48.2 Å². The van der Waals surface area contributed by atoms with Crippen molar-refractivity contribution >= 4 is 23.2 Å². The summed E-state index contributed by atoms with van der Waals surface area (Å²) in [6, 6.07) is 18.1. The fourth-order valence-corrected chi connectivity index (χ4v) is 3.68. The molecular formula is C22H21FN2O2S. The Labute approximate surface area is 167 Å². The molecule has 2 aromatic carbocycles. The van der Waals surface area contributed by atoms with E-state index in [0.717, 1.165) is 10.4 Å². The van der Waals surface area contributed by atoms with E-state index in [0.29, 0.717) is 5.56 Å². The molecule has 2 amide bonds. The van der Waals surface area contributed by atoms with E-state index in [1.807, 2.05) is 23.6 Å². The second-order valence-electron chi connectivity index (χ2n) is 6.51. The number of amides is 2. The standard InChI is InChI=1S/C22H21FN2O2S/c1-15(24-22(27)17-6-3-2-4-7-17)14-20(26)25-21(19-8-5-13-28-19)16-9-11-18(23)12-10-16/h2-13,15,21H,14H2,1H3,(H,24,27)(H,25,26)/t15-,21-/m0/s1. The Morgan fingerprint density at radius 3 is 2.32 bits per heavy atom. The lowest BCUT2D eigenvalue weighted by atomic mass is 10.0. The molecule has 0 saturated heterocycles. The number of thiophene rings is 1. The monoisotopic (exact) mass is 396 g/mol. The van der Waals surface area contributed by atoms with Gasteiger partial charge < -0.3 is 10.6 Å². The van der Waals surface area contributed by atoms with Gasteiger partial charge in [0.15, 0.2) is 0 Å². The molecule has 2 N–H and O–H groups in total. The SMILES string of the molecule is C[C@@H](CC(=O)N[C@@H](c1ccc(F)cc1)c1cccs1)NC(=O)c1ccccc1. The lowest BCUT2D eigenvalue weighted by Gasteiger charge is -2.20. The van der Waals surface area contributed by atoms with E-state index in [1.165, 1.54) is 23.5 Å². The summed E-state index contributed by atoms with van der Waals surface area (Å²) in [7, 11) is 0. The number of hydrogen-bond donors (Lipinski definition) is 2. The molecule has 0 bridgehead atoms. The average Bonchev–Trinajstić information content (AvgIpc) is 3.22. The third kappa shape index (κ3) is 5.27. The van der Waals surface area contributed by atoms with Gasteiger partial charge in [0, 0.05) is 22.9 Å². The van der Waals surface area contributed by atoms with Crippen LogP contribution in [0.1, 0.15) is 40.2 Å². The summed E-state index contributed by atoms with van der Waals surface area (Å²) in [5, 5.41) is 7.76. The van der Waals surface area contributed by atoms with E-state index in [9.17, 15) is 14.0 Å². The van der Waals surface area contributed by atoms with Gasteiger partial charge in [-0.1, -0.05) is 36.4 Å². The average molecular weight is 396 g/mol. The molecule has 0 radical (unpaired) electrons. The fourth-order valence-electron chi connectivity index (χ4n) is 2.88. The van der Waals surface area contributed by atoms with Crippen LogP contribution in [0.5, 0.6) is 0 Å². The van der Waals surface area contributed by atoms with Gasteiger partial charge >= 0.3 is 0 Å². The zero-order chi connectivity index (χ0) is 19.9. The lowest BCUT2D eigenvalue weighted by Crippen LogP contribution is -2.38. The number of nitrogens with one attached hydrogen (secondary N) is 2. The summed E-state index contributed by atoms with van der Waals surface area (Å²) in [6.45, 7) is 1.79. The molecule has 0 fully saturated rings. The molecule has 144 valence electrons. The van der Waals surface area contributed by atoms with Gasteiger partial charge in [-0.2, -0.15) is 0 Å². The van der Waals surface area contributed by atoms with Crippen LogP contribution in [0, 0.1) is 5.82 Å². The quantitative estimate of drug-likeness (QED) is 0.626. The second-order valence-corrected chi connectivity index (χ2v) is 7.49. The number of carbonyl (C=O) groups excluding carboxylic acids is 2. The van der Waals surface area contributed by atoms with Crippen LogP contribution in [0.3, 0.4) is 0 Å². The largest absolute Gasteiger partial charge is 0.349 e. The van der Waals surface area contributed by atoms with Crippen molar-refractivity contribution in [3.63, 3.8) is 0 Å². The van der Waals surface area contributed by atoms with Crippen LogP contribution in [0.15, 0.2) is 72.1 Å². The first kappa shape index (κ1) is 19.8. The Balaban J connectivity index is 1.63. The summed E-state index contributed by atoms with van der Waals surface area (Å²) in [5.74, 6) is -0.727. The molecular weight excluding hydrogens is 375 g/mol. The topological polar surface area (TPSA) is 58.2 Å². The van der Waals surface area contributed by atoms with E-state index >= 15 is 0 Å².